The topological polar surface area (TPSA) is 59.2 Å². The van der Waals surface area contributed by atoms with E-state index in [1.807, 2.05) is 48.7 Å². The van der Waals surface area contributed by atoms with Crippen LogP contribution in [0.1, 0.15) is 23.8 Å². The smallest absolute Gasteiger partial charge is 0.232 e. The van der Waals surface area contributed by atoms with E-state index >= 15 is 0 Å². The van der Waals surface area contributed by atoms with Crippen LogP contribution in [0.5, 0.6) is 0 Å². The number of carbonyl (C=O) groups excluding carboxylic acids is 1. The number of aryl methyl sites for hydroxylation is 1. The minimum atomic E-state index is -0.0509. The number of carbonyl (C=O) groups is 1. The Hall–Kier alpha value is -2.47. The largest absolute Gasteiger partial charge is 0.339 e. The van der Waals surface area contributed by atoms with Crippen molar-refractivity contribution < 1.29 is 9.32 Å². The minimum absolute atomic E-state index is 0.0509. The van der Waals surface area contributed by atoms with Gasteiger partial charge >= 0.3 is 0 Å². The third-order valence-corrected chi connectivity index (χ3v) is 4.87. The van der Waals surface area contributed by atoms with Gasteiger partial charge < -0.3 is 9.42 Å². The van der Waals surface area contributed by atoms with Crippen LogP contribution in [0.25, 0.3) is 10.7 Å². The molecule has 1 amide bonds. The summed E-state index contributed by atoms with van der Waals surface area (Å²) >= 11 is 1.57. The lowest BCUT2D eigenvalue weighted by molar-refractivity contribution is -0.117. The SMILES string of the molecule is Cc1ccc(N2C[C@H](c3nc(-c4cccs4)no3)CC2=O)cc1. The van der Waals surface area contributed by atoms with Gasteiger partial charge in [-0.3, -0.25) is 4.79 Å². The van der Waals surface area contributed by atoms with Crippen molar-refractivity contribution in [1.29, 1.82) is 0 Å². The molecular formula is C17H15N3O2S. The zero-order valence-electron chi connectivity index (χ0n) is 12.6. The van der Waals surface area contributed by atoms with Crippen LogP contribution in [-0.2, 0) is 4.79 Å². The van der Waals surface area contributed by atoms with Gasteiger partial charge in [0.25, 0.3) is 0 Å². The molecule has 0 N–H and O–H groups in total. The van der Waals surface area contributed by atoms with Crippen LogP contribution in [0.15, 0.2) is 46.3 Å². The molecule has 6 heteroatoms. The van der Waals surface area contributed by atoms with Gasteiger partial charge in [-0.25, -0.2) is 0 Å². The normalized spacial score (nSPS) is 17.9. The second kappa shape index (κ2) is 5.62. The number of amides is 1. The Morgan fingerprint density at radius 3 is 2.83 bits per heavy atom. The molecule has 4 rings (SSSR count). The average Bonchev–Trinajstić information content (AvgIpc) is 3.27. The number of rotatable bonds is 3. The van der Waals surface area contributed by atoms with Crippen LogP contribution in [-0.4, -0.2) is 22.6 Å². The summed E-state index contributed by atoms with van der Waals surface area (Å²) in [7, 11) is 0. The van der Waals surface area contributed by atoms with Crippen LogP contribution in [0.3, 0.4) is 0 Å². The van der Waals surface area contributed by atoms with Crippen molar-refractivity contribution in [2.75, 3.05) is 11.4 Å². The van der Waals surface area contributed by atoms with Crippen LogP contribution < -0.4 is 4.90 Å². The molecule has 1 atom stereocenters. The summed E-state index contributed by atoms with van der Waals surface area (Å²) in [6.45, 7) is 2.61. The molecule has 3 aromatic rings. The second-order valence-corrected chi connectivity index (χ2v) is 6.62. The Labute approximate surface area is 137 Å². The first-order valence-corrected chi connectivity index (χ1v) is 8.33. The lowest BCUT2D eigenvalue weighted by Crippen LogP contribution is -2.24. The molecule has 0 unspecified atom stereocenters. The first-order chi connectivity index (χ1) is 11.2. The lowest BCUT2D eigenvalue weighted by atomic mass is 10.1. The molecule has 0 spiro atoms. The number of hydrogen-bond donors (Lipinski definition) is 0. The van der Waals surface area contributed by atoms with Gasteiger partial charge in [0.15, 0.2) is 0 Å². The van der Waals surface area contributed by atoms with Gasteiger partial charge in [-0.15, -0.1) is 11.3 Å². The van der Waals surface area contributed by atoms with Crippen LogP contribution in [0, 0.1) is 6.92 Å². The van der Waals surface area contributed by atoms with Crippen molar-refractivity contribution >= 4 is 22.9 Å². The molecule has 0 bridgehead atoms. The number of anilines is 1. The Bertz CT molecular complexity index is 824. The third kappa shape index (κ3) is 2.66. The Kier molecular flexibility index (Phi) is 3.46. The Morgan fingerprint density at radius 1 is 1.26 bits per heavy atom. The standard InChI is InChI=1S/C17H15N3O2S/c1-11-4-6-13(7-5-11)20-10-12(9-15(20)21)17-18-16(19-22-17)14-3-2-8-23-14/h2-8,12H,9-10H2,1H3/t12-/m1/s1. The molecule has 1 fully saturated rings. The van der Waals surface area contributed by atoms with Crippen molar-refractivity contribution in [3.63, 3.8) is 0 Å². The molecule has 1 aliphatic heterocycles. The molecule has 3 heterocycles. The maximum atomic E-state index is 12.3. The number of benzene rings is 1. The summed E-state index contributed by atoms with van der Waals surface area (Å²) in [5.74, 6) is 1.17. The van der Waals surface area contributed by atoms with E-state index in [0.717, 1.165) is 10.6 Å². The zero-order chi connectivity index (χ0) is 15.8. The van der Waals surface area contributed by atoms with E-state index < -0.39 is 0 Å². The summed E-state index contributed by atoms with van der Waals surface area (Å²) in [6.07, 6.45) is 0.403. The van der Waals surface area contributed by atoms with E-state index in [4.69, 9.17) is 4.52 Å². The molecule has 0 saturated carbocycles. The molecule has 5 nitrogen and oxygen atoms in total. The Balaban J connectivity index is 1.55. The molecule has 23 heavy (non-hydrogen) atoms. The van der Waals surface area contributed by atoms with Crippen molar-refractivity contribution in [3.8, 4) is 10.7 Å². The van der Waals surface area contributed by atoms with Crippen LogP contribution >= 0.6 is 11.3 Å². The predicted molar refractivity (Wildman–Crippen MR) is 88.5 cm³/mol. The van der Waals surface area contributed by atoms with Gasteiger partial charge in [-0.1, -0.05) is 28.9 Å². The van der Waals surface area contributed by atoms with Crippen molar-refractivity contribution in [3.05, 3.63) is 53.2 Å². The van der Waals surface area contributed by atoms with E-state index in [2.05, 4.69) is 10.1 Å². The fourth-order valence-corrected chi connectivity index (χ4v) is 3.40. The van der Waals surface area contributed by atoms with E-state index in [1.54, 1.807) is 16.2 Å². The molecule has 0 radical (unpaired) electrons. The molecule has 1 aliphatic rings. The maximum absolute atomic E-state index is 12.3. The maximum Gasteiger partial charge on any atom is 0.232 e. The summed E-state index contributed by atoms with van der Waals surface area (Å²) in [5.41, 5.74) is 2.09. The molecule has 2 aromatic heterocycles. The first kappa shape index (κ1) is 14.1. The van der Waals surface area contributed by atoms with Gasteiger partial charge in [0.2, 0.25) is 17.6 Å². The van der Waals surface area contributed by atoms with Gasteiger partial charge in [-0.05, 0) is 30.5 Å². The van der Waals surface area contributed by atoms with Crippen LogP contribution in [0.4, 0.5) is 5.69 Å². The second-order valence-electron chi connectivity index (χ2n) is 5.67. The third-order valence-electron chi connectivity index (χ3n) is 4.00. The predicted octanol–water partition coefficient (Wildman–Crippen LogP) is 3.63. The molecule has 1 aromatic carbocycles. The summed E-state index contributed by atoms with van der Waals surface area (Å²) < 4.78 is 5.39. The van der Waals surface area contributed by atoms with Crippen molar-refractivity contribution in [2.45, 2.75) is 19.3 Å². The highest BCUT2D eigenvalue weighted by molar-refractivity contribution is 7.13. The fourth-order valence-electron chi connectivity index (χ4n) is 2.75. The number of hydrogen-bond acceptors (Lipinski definition) is 5. The first-order valence-electron chi connectivity index (χ1n) is 7.45. The number of nitrogens with zero attached hydrogens (tertiary/aromatic N) is 3. The van der Waals surface area contributed by atoms with Crippen LogP contribution in [0.2, 0.25) is 0 Å². The van der Waals surface area contributed by atoms with Gasteiger partial charge in [0.1, 0.15) is 0 Å². The van der Waals surface area contributed by atoms with E-state index in [1.165, 1.54) is 5.56 Å². The summed E-state index contributed by atoms with van der Waals surface area (Å²) in [4.78, 5) is 19.5. The lowest BCUT2D eigenvalue weighted by Gasteiger charge is -2.16. The molecular weight excluding hydrogens is 310 g/mol. The minimum Gasteiger partial charge on any atom is -0.339 e. The van der Waals surface area contributed by atoms with Gasteiger partial charge in [0.05, 0.1) is 10.8 Å². The number of thiophene rings is 1. The van der Waals surface area contributed by atoms with E-state index in [-0.39, 0.29) is 11.8 Å². The highest BCUT2D eigenvalue weighted by Crippen LogP contribution is 2.32. The van der Waals surface area contributed by atoms with Gasteiger partial charge in [0, 0.05) is 18.7 Å². The quantitative estimate of drug-likeness (QED) is 0.738. The van der Waals surface area contributed by atoms with Gasteiger partial charge in [-0.2, -0.15) is 4.98 Å². The average molecular weight is 325 g/mol. The van der Waals surface area contributed by atoms with Crippen molar-refractivity contribution in [2.24, 2.45) is 0 Å². The highest BCUT2D eigenvalue weighted by Gasteiger charge is 2.35. The number of aromatic nitrogens is 2. The zero-order valence-corrected chi connectivity index (χ0v) is 13.4. The molecule has 116 valence electrons. The highest BCUT2D eigenvalue weighted by atomic mass is 32.1. The summed E-state index contributed by atoms with van der Waals surface area (Å²) in [6, 6.07) is 11.9. The molecule has 0 aliphatic carbocycles. The van der Waals surface area contributed by atoms with E-state index in [0.29, 0.717) is 24.7 Å². The fraction of sp³-hybridized carbons (Fsp3) is 0.235. The molecule has 1 saturated heterocycles. The van der Waals surface area contributed by atoms with E-state index in [9.17, 15) is 4.79 Å². The summed E-state index contributed by atoms with van der Waals surface area (Å²) in [5, 5.41) is 6.01. The monoisotopic (exact) mass is 325 g/mol. The van der Waals surface area contributed by atoms with Crippen molar-refractivity contribution in [1.82, 2.24) is 10.1 Å². The Morgan fingerprint density at radius 2 is 2.09 bits per heavy atom.